The van der Waals surface area contributed by atoms with Gasteiger partial charge in [-0.2, -0.15) is 0 Å². The molecule has 46 heavy (non-hydrogen) atoms. The van der Waals surface area contributed by atoms with Crippen LogP contribution in [0.5, 0.6) is 0 Å². The van der Waals surface area contributed by atoms with E-state index in [1.807, 2.05) is 68.4 Å². The fourth-order valence-corrected chi connectivity index (χ4v) is 7.46. The standard InChI is InChI=1S/C37H40BrN3O4S/c1-27-12-16-30(17-13-27)25-40(35(24-29-8-4-3-5-9-29)37(43)39-32-10-6-7-11-32)36(42)26-41(33-20-18-31(38)19-21-33)46(44,45)34-22-14-28(2)15-23-34/h3-5,8-9,12-23,32,35H,6-7,10-11,24-26H2,1-2H3,(H,39,43)/t35-/m0/s1. The molecule has 0 aliphatic heterocycles. The SMILES string of the molecule is Cc1ccc(CN(C(=O)CN(c2ccc(Br)cc2)S(=O)(=O)c2ccc(C)cc2)[C@@H](Cc2ccccc2)C(=O)NC2CCCC2)cc1. The smallest absolute Gasteiger partial charge is 0.264 e. The molecule has 0 radical (unpaired) electrons. The fraction of sp³-hybridized carbons (Fsp3) is 0.297. The number of anilines is 1. The van der Waals surface area contributed by atoms with Crippen LogP contribution < -0.4 is 9.62 Å². The van der Waals surface area contributed by atoms with Crippen molar-refractivity contribution < 1.29 is 18.0 Å². The summed E-state index contributed by atoms with van der Waals surface area (Å²) in [6.07, 6.45) is 4.21. The highest BCUT2D eigenvalue weighted by Gasteiger charge is 2.35. The van der Waals surface area contributed by atoms with E-state index in [2.05, 4.69) is 21.2 Å². The number of carbonyl (C=O) groups is 2. The number of hydrogen-bond acceptors (Lipinski definition) is 4. The van der Waals surface area contributed by atoms with Gasteiger partial charge in [-0.3, -0.25) is 13.9 Å². The fourth-order valence-electron chi connectivity index (χ4n) is 5.79. The van der Waals surface area contributed by atoms with E-state index in [-0.39, 0.29) is 23.4 Å². The quantitative estimate of drug-likeness (QED) is 0.173. The zero-order chi connectivity index (χ0) is 32.7. The highest BCUT2D eigenvalue weighted by Crippen LogP contribution is 2.27. The molecule has 1 saturated carbocycles. The molecule has 9 heteroatoms. The van der Waals surface area contributed by atoms with Gasteiger partial charge in [0.05, 0.1) is 10.6 Å². The second kappa shape index (κ2) is 15.1. The molecule has 7 nitrogen and oxygen atoms in total. The average molecular weight is 703 g/mol. The van der Waals surface area contributed by atoms with E-state index in [0.29, 0.717) is 12.1 Å². The number of nitrogens with zero attached hydrogens (tertiary/aromatic N) is 2. The van der Waals surface area contributed by atoms with E-state index in [1.165, 1.54) is 0 Å². The van der Waals surface area contributed by atoms with Gasteiger partial charge in [-0.05, 0) is 74.2 Å². The lowest BCUT2D eigenvalue weighted by Gasteiger charge is -2.34. The van der Waals surface area contributed by atoms with Gasteiger partial charge in [-0.15, -0.1) is 0 Å². The van der Waals surface area contributed by atoms with Crippen LogP contribution in [0.3, 0.4) is 0 Å². The van der Waals surface area contributed by atoms with Crippen molar-refractivity contribution in [2.75, 3.05) is 10.8 Å². The summed E-state index contributed by atoms with van der Waals surface area (Å²) in [4.78, 5) is 30.3. The molecule has 240 valence electrons. The topological polar surface area (TPSA) is 86.8 Å². The molecule has 1 fully saturated rings. The van der Waals surface area contributed by atoms with Crippen LogP contribution in [0.15, 0.2) is 112 Å². The van der Waals surface area contributed by atoms with Gasteiger partial charge in [0.15, 0.2) is 0 Å². The van der Waals surface area contributed by atoms with Gasteiger partial charge in [-0.1, -0.05) is 107 Å². The molecular formula is C37H40BrN3O4S. The Kier molecular flexibility index (Phi) is 11.0. The predicted octanol–water partition coefficient (Wildman–Crippen LogP) is 6.96. The van der Waals surface area contributed by atoms with Crippen molar-refractivity contribution in [2.45, 2.75) is 69.5 Å². The first-order chi connectivity index (χ1) is 22.1. The Morgan fingerprint density at radius 2 is 1.39 bits per heavy atom. The summed E-state index contributed by atoms with van der Waals surface area (Å²) < 4.78 is 30.3. The molecule has 0 heterocycles. The lowest BCUT2D eigenvalue weighted by atomic mass is 10.0. The zero-order valence-corrected chi connectivity index (χ0v) is 28.6. The Hall–Kier alpha value is -3.95. The van der Waals surface area contributed by atoms with E-state index >= 15 is 0 Å². The molecule has 1 atom stereocenters. The van der Waals surface area contributed by atoms with E-state index in [1.54, 1.807) is 53.4 Å². The van der Waals surface area contributed by atoms with Gasteiger partial charge in [0.1, 0.15) is 12.6 Å². The Morgan fingerprint density at radius 3 is 2.00 bits per heavy atom. The zero-order valence-electron chi connectivity index (χ0n) is 26.2. The van der Waals surface area contributed by atoms with Crippen molar-refractivity contribution >= 4 is 43.5 Å². The van der Waals surface area contributed by atoms with Gasteiger partial charge < -0.3 is 10.2 Å². The third kappa shape index (κ3) is 8.44. The molecule has 0 unspecified atom stereocenters. The van der Waals surface area contributed by atoms with Crippen LogP contribution in [0.4, 0.5) is 5.69 Å². The number of amides is 2. The molecule has 5 rings (SSSR count). The number of rotatable bonds is 12. The Bertz CT molecular complexity index is 1720. The summed E-state index contributed by atoms with van der Waals surface area (Å²) in [7, 11) is -4.14. The first-order valence-corrected chi connectivity index (χ1v) is 17.9. The Morgan fingerprint density at radius 1 is 0.804 bits per heavy atom. The molecule has 1 aliphatic rings. The number of carbonyl (C=O) groups excluding carboxylic acids is 2. The van der Waals surface area contributed by atoms with Gasteiger partial charge in [0.2, 0.25) is 11.8 Å². The monoisotopic (exact) mass is 701 g/mol. The molecular weight excluding hydrogens is 662 g/mol. The molecule has 0 saturated heterocycles. The number of sulfonamides is 1. The van der Waals surface area contributed by atoms with Crippen molar-refractivity contribution in [2.24, 2.45) is 0 Å². The van der Waals surface area contributed by atoms with Crippen LogP contribution >= 0.6 is 15.9 Å². The summed E-state index contributed by atoms with van der Waals surface area (Å²) in [6.45, 7) is 3.55. The van der Waals surface area contributed by atoms with E-state index in [9.17, 15) is 18.0 Å². The lowest BCUT2D eigenvalue weighted by Crippen LogP contribution is -2.54. The average Bonchev–Trinajstić information content (AvgIpc) is 3.56. The molecule has 1 aliphatic carbocycles. The molecule has 4 aromatic carbocycles. The van der Waals surface area contributed by atoms with Crippen LogP contribution in [0.25, 0.3) is 0 Å². The summed E-state index contributed by atoms with van der Waals surface area (Å²) >= 11 is 3.43. The summed E-state index contributed by atoms with van der Waals surface area (Å²) in [5, 5.41) is 3.21. The van der Waals surface area contributed by atoms with Gasteiger partial charge in [-0.25, -0.2) is 8.42 Å². The maximum Gasteiger partial charge on any atom is 0.264 e. The van der Waals surface area contributed by atoms with E-state index in [0.717, 1.165) is 56.7 Å². The molecule has 2 amide bonds. The number of nitrogens with one attached hydrogen (secondary N) is 1. The maximum absolute atomic E-state index is 14.6. The van der Waals surface area contributed by atoms with Gasteiger partial charge in [0, 0.05) is 23.5 Å². The van der Waals surface area contributed by atoms with Crippen molar-refractivity contribution in [3.05, 3.63) is 130 Å². The number of hydrogen-bond donors (Lipinski definition) is 1. The maximum atomic E-state index is 14.6. The van der Waals surface area contributed by atoms with Crippen LogP contribution in [0.2, 0.25) is 0 Å². The lowest BCUT2D eigenvalue weighted by molar-refractivity contribution is -0.140. The van der Waals surface area contributed by atoms with Gasteiger partial charge in [0.25, 0.3) is 10.0 Å². The first kappa shape index (κ1) is 33.4. The Labute approximate surface area is 280 Å². The van der Waals surface area contributed by atoms with Crippen molar-refractivity contribution in [1.82, 2.24) is 10.2 Å². The van der Waals surface area contributed by atoms with E-state index < -0.39 is 28.5 Å². The van der Waals surface area contributed by atoms with Crippen LogP contribution in [0.1, 0.15) is 47.9 Å². The van der Waals surface area contributed by atoms with Gasteiger partial charge >= 0.3 is 0 Å². The van der Waals surface area contributed by atoms with Crippen molar-refractivity contribution in [1.29, 1.82) is 0 Å². The Balaban J connectivity index is 1.55. The molecule has 1 N–H and O–H groups in total. The predicted molar refractivity (Wildman–Crippen MR) is 186 cm³/mol. The third-order valence-electron chi connectivity index (χ3n) is 8.45. The minimum Gasteiger partial charge on any atom is -0.352 e. The molecule has 0 bridgehead atoms. The second-order valence-electron chi connectivity index (χ2n) is 12.0. The van der Waals surface area contributed by atoms with Crippen LogP contribution in [-0.4, -0.2) is 43.8 Å². The minimum absolute atomic E-state index is 0.0586. The number of benzene rings is 4. The van der Waals surface area contributed by atoms with Crippen molar-refractivity contribution in [3.63, 3.8) is 0 Å². The third-order valence-corrected chi connectivity index (χ3v) is 10.8. The molecule has 4 aromatic rings. The largest absolute Gasteiger partial charge is 0.352 e. The summed E-state index contributed by atoms with van der Waals surface area (Å²) in [5.41, 5.74) is 4.11. The molecule has 0 spiro atoms. The van der Waals surface area contributed by atoms with Crippen molar-refractivity contribution in [3.8, 4) is 0 Å². The minimum atomic E-state index is -4.14. The van der Waals surface area contributed by atoms with Crippen LogP contribution in [0, 0.1) is 13.8 Å². The normalized spacial score (nSPS) is 14.1. The highest BCUT2D eigenvalue weighted by molar-refractivity contribution is 9.10. The van der Waals surface area contributed by atoms with E-state index in [4.69, 9.17) is 0 Å². The first-order valence-electron chi connectivity index (χ1n) is 15.6. The highest BCUT2D eigenvalue weighted by atomic mass is 79.9. The summed E-state index contributed by atoms with van der Waals surface area (Å²) in [5.74, 6) is -0.700. The number of halogens is 1. The summed E-state index contributed by atoms with van der Waals surface area (Å²) in [6, 6.07) is 30.1. The molecule has 0 aromatic heterocycles. The number of aryl methyl sites for hydroxylation is 2. The second-order valence-corrected chi connectivity index (χ2v) is 14.8. The van der Waals surface area contributed by atoms with Crippen LogP contribution in [-0.2, 0) is 32.6 Å².